The summed E-state index contributed by atoms with van der Waals surface area (Å²) in [7, 11) is 0. The monoisotopic (exact) mass is 336 g/mol. The van der Waals surface area contributed by atoms with Gasteiger partial charge in [0.25, 0.3) is 5.91 Å². The van der Waals surface area contributed by atoms with Gasteiger partial charge in [-0.3, -0.25) is 14.9 Å². The number of hydrogen-bond donors (Lipinski definition) is 2. The first-order chi connectivity index (χ1) is 12.2. The van der Waals surface area contributed by atoms with Crippen LogP contribution in [-0.2, 0) is 17.8 Å². The van der Waals surface area contributed by atoms with Crippen molar-refractivity contribution < 1.29 is 10.0 Å². The molecule has 0 aromatic heterocycles. The van der Waals surface area contributed by atoms with E-state index in [9.17, 15) is 4.79 Å². The number of hydroxylamine groups is 1. The molecule has 130 valence electrons. The average molecular weight is 336 g/mol. The van der Waals surface area contributed by atoms with Crippen LogP contribution in [0.25, 0.3) is 6.08 Å². The molecule has 0 radical (unpaired) electrons. The van der Waals surface area contributed by atoms with Crippen molar-refractivity contribution in [3.8, 4) is 0 Å². The molecule has 2 aromatic carbocycles. The zero-order valence-corrected chi connectivity index (χ0v) is 14.3. The number of carbonyl (C=O) groups excluding carboxylic acids is 1. The summed E-state index contributed by atoms with van der Waals surface area (Å²) >= 11 is 0. The van der Waals surface area contributed by atoms with Crippen molar-refractivity contribution >= 4 is 12.0 Å². The van der Waals surface area contributed by atoms with E-state index in [1.807, 2.05) is 12.1 Å². The van der Waals surface area contributed by atoms with Crippen molar-refractivity contribution in [1.82, 2.24) is 10.4 Å². The molecule has 1 heterocycles. The van der Waals surface area contributed by atoms with E-state index < -0.39 is 5.91 Å². The Morgan fingerprint density at radius 1 is 1.12 bits per heavy atom. The first-order valence-electron chi connectivity index (χ1n) is 8.73. The molecule has 3 rings (SSSR count). The molecule has 0 bridgehead atoms. The maximum atomic E-state index is 11.0. The van der Waals surface area contributed by atoms with Gasteiger partial charge in [-0.05, 0) is 48.6 Å². The number of benzene rings is 2. The predicted octanol–water partition coefficient (Wildman–Crippen LogP) is 3.41. The first kappa shape index (κ1) is 17.4. The molecule has 2 N–H and O–H groups in total. The molecular formula is C21H24N2O2. The van der Waals surface area contributed by atoms with Crippen LogP contribution >= 0.6 is 0 Å². The van der Waals surface area contributed by atoms with Crippen molar-refractivity contribution in [2.24, 2.45) is 0 Å². The van der Waals surface area contributed by atoms with Crippen LogP contribution in [0.5, 0.6) is 0 Å². The molecule has 0 aliphatic carbocycles. The maximum Gasteiger partial charge on any atom is 0.267 e. The summed E-state index contributed by atoms with van der Waals surface area (Å²) in [5.41, 5.74) is 5.21. The van der Waals surface area contributed by atoms with Crippen LogP contribution in [0.1, 0.15) is 29.5 Å². The van der Waals surface area contributed by atoms with E-state index >= 15 is 0 Å². The lowest BCUT2D eigenvalue weighted by Crippen LogP contribution is -2.30. The Morgan fingerprint density at radius 3 is 2.60 bits per heavy atom. The quantitative estimate of drug-likeness (QED) is 0.483. The van der Waals surface area contributed by atoms with Crippen LogP contribution in [0.4, 0.5) is 0 Å². The van der Waals surface area contributed by atoms with Crippen LogP contribution < -0.4 is 5.48 Å². The Balaban J connectivity index is 1.59. The molecule has 4 nitrogen and oxygen atoms in total. The van der Waals surface area contributed by atoms with Crippen molar-refractivity contribution in [3.05, 3.63) is 77.4 Å². The molecular weight excluding hydrogens is 312 g/mol. The number of carbonyl (C=O) groups is 1. The van der Waals surface area contributed by atoms with Gasteiger partial charge in [-0.2, -0.15) is 0 Å². The molecule has 0 spiro atoms. The summed E-state index contributed by atoms with van der Waals surface area (Å²) in [6.45, 7) is 2.11. The number of hydrogen-bond acceptors (Lipinski definition) is 3. The molecule has 2 aromatic rings. The third kappa shape index (κ3) is 5.02. The Kier molecular flexibility index (Phi) is 5.99. The SMILES string of the molecule is O=C(/C=C/c1ccc(CN2CCCC2Cc2ccccc2)cc1)NO. The Labute approximate surface area is 148 Å². The fraction of sp³-hybridized carbons (Fsp3) is 0.286. The van der Waals surface area contributed by atoms with Gasteiger partial charge in [-0.15, -0.1) is 0 Å². The molecule has 1 aliphatic rings. The molecule has 1 fully saturated rings. The van der Waals surface area contributed by atoms with Crippen molar-refractivity contribution in [3.63, 3.8) is 0 Å². The summed E-state index contributed by atoms with van der Waals surface area (Å²) in [6, 6.07) is 19.5. The third-order valence-electron chi connectivity index (χ3n) is 4.72. The van der Waals surface area contributed by atoms with Gasteiger partial charge in [-0.1, -0.05) is 54.6 Å². The van der Waals surface area contributed by atoms with Crippen LogP contribution in [0.3, 0.4) is 0 Å². The predicted molar refractivity (Wildman–Crippen MR) is 99.0 cm³/mol. The number of amides is 1. The van der Waals surface area contributed by atoms with Crippen LogP contribution in [-0.4, -0.2) is 28.6 Å². The zero-order valence-electron chi connectivity index (χ0n) is 14.3. The van der Waals surface area contributed by atoms with Gasteiger partial charge >= 0.3 is 0 Å². The second kappa shape index (κ2) is 8.60. The summed E-state index contributed by atoms with van der Waals surface area (Å²) in [4.78, 5) is 13.6. The molecule has 1 amide bonds. The lowest BCUT2D eigenvalue weighted by molar-refractivity contribution is -0.124. The van der Waals surface area contributed by atoms with Crippen molar-refractivity contribution in [1.29, 1.82) is 0 Å². The first-order valence-corrected chi connectivity index (χ1v) is 8.73. The largest absolute Gasteiger partial charge is 0.296 e. The maximum absolute atomic E-state index is 11.0. The smallest absolute Gasteiger partial charge is 0.267 e. The number of likely N-dealkylation sites (tertiary alicyclic amines) is 1. The highest BCUT2D eigenvalue weighted by Crippen LogP contribution is 2.23. The van der Waals surface area contributed by atoms with Gasteiger partial charge in [0, 0.05) is 18.7 Å². The Morgan fingerprint density at radius 2 is 1.88 bits per heavy atom. The summed E-state index contributed by atoms with van der Waals surface area (Å²) in [5, 5.41) is 8.49. The fourth-order valence-electron chi connectivity index (χ4n) is 3.40. The number of rotatable bonds is 6. The average Bonchev–Trinajstić information content (AvgIpc) is 3.08. The second-order valence-corrected chi connectivity index (χ2v) is 6.51. The molecule has 25 heavy (non-hydrogen) atoms. The molecule has 1 atom stereocenters. The Bertz CT molecular complexity index is 710. The van der Waals surface area contributed by atoms with E-state index in [1.54, 1.807) is 11.6 Å². The summed E-state index contributed by atoms with van der Waals surface area (Å²) in [5.74, 6) is -0.523. The van der Waals surface area contributed by atoms with Crippen molar-refractivity contribution in [2.75, 3.05) is 6.54 Å². The molecule has 0 saturated carbocycles. The third-order valence-corrected chi connectivity index (χ3v) is 4.72. The standard InChI is InChI=1S/C21H24N2O2/c24-21(22-25)13-12-17-8-10-19(11-9-17)16-23-14-4-7-20(23)15-18-5-2-1-3-6-18/h1-3,5-6,8-13,20,25H,4,7,14-16H2,(H,22,24)/b13-12+. The highest BCUT2D eigenvalue weighted by Gasteiger charge is 2.24. The minimum Gasteiger partial charge on any atom is -0.296 e. The highest BCUT2D eigenvalue weighted by molar-refractivity contribution is 5.90. The Hall–Kier alpha value is -2.43. The lowest BCUT2D eigenvalue weighted by Gasteiger charge is -2.24. The van der Waals surface area contributed by atoms with E-state index in [2.05, 4.69) is 47.4 Å². The van der Waals surface area contributed by atoms with Gasteiger partial charge < -0.3 is 0 Å². The minimum absolute atomic E-state index is 0.523. The van der Waals surface area contributed by atoms with Crippen LogP contribution in [0.2, 0.25) is 0 Å². The zero-order chi connectivity index (χ0) is 17.5. The minimum atomic E-state index is -0.523. The van der Waals surface area contributed by atoms with Gasteiger partial charge in [0.15, 0.2) is 0 Å². The van der Waals surface area contributed by atoms with E-state index in [1.165, 1.54) is 30.0 Å². The molecule has 1 unspecified atom stereocenters. The van der Waals surface area contributed by atoms with E-state index in [-0.39, 0.29) is 0 Å². The van der Waals surface area contributed by atoms with Gasteiger partial charge in [0.2, 0.25) is 0 Å². The second-order valence-electron chi connectivity index (χ2n) is 6.51. The van der Waals surface area contributed by atoms with Gasteiger partial charge in [0.05, 0.1) is 0 Å². The number of nitrogens with one attached hydrogen (secondary N) is 1. The van der Waals surface area contributed by atoms with Gasteiger partial charge in [0.1, 0.15) is 0 Å². The van der Waals surface area contributed by atoms with Crippen LogP contribution in [0, 0.1) is 0 Å². The van der Waals surface area contributed by atoms with Crippen LogP contribution in [0.15, 0.2) is 60.7 Å². The van der Waals surface area contributed by atoms with E-state index in [4.69, 9.17) is 5.21 Å². The van der Waals surface area contributed by atoms with Gasteiger partial charge in [-0.25, -0.2) is 5.48 Å². The molecule has 4 heteroatoms. The molecule has 1 saturated heterocycles. The van der Waals surface area contributed by atoms with E-state index in [0.717, 1.165) is 25.1 Å². The fourth-order valence-corrected chi connectivity index (χ4v) is 3.40. The van der Waals surface area contributed by atoms with Crippen molar-refractivity contribution in [2.45, 2.75) is 31.8 Å². The summed E-state index contributed by atoms with van der Waals surface area (Å²) < 4.78 is 0. The normalized spacial score (nSPS) is 17.9. The number of nitrogens with zero attached hydrogens (tertiary/aromatic N) is 1. The topological polar surface area (TPSA) is 52.6 Å². The highest BCUT2D eigenvalue weighted by atomic mass is 16.5. The summed E-state index contributed by atoms with van der Waals surface area (Å²) in [6.07, 6.45) is 6.62. The lowest BCUT2D eigenvalue weighted by atomic mass is 10.0. The molecule has 1 aliphatic heterocycles. The van der Waals surface area contributed by atoms with E-state index in [0.29, 0.717) is 6.04 Å².